The summed E-state index contributed by atoms with van der Waals surface area (Å²) in [7, 11) is -0.597. The fourth-order valence-electron chi connectivity index (χ4n) is 2.92. The lowest BCUT2D eigenvalue weighted by molar-refractivity contribution is 0.102. The molecule has 0 fully saturated rings. The first-order chi connectivity index (χ1) is 14.3. The van der Waals surface area contributed by atoms with E-state index in [4.69, 9.17) is 0 Å². The van der Waals surface area contributed by atoms with Crippen LogP contribution in [0.2, 0.25) is 0 Å². The van der Waals surface area contributed by atoms with Gasteiger partial charge in [-0.05, 0) is 48.5 Å². The number of hydrogen-bond acceptors (Lipinski definition) is 5. The summed E-state index contributed by atoms with van der Waals surface area (Å²) < 4.78 is 26.6. The summed E-state index contributed by atoms with van der Waals surface area (Å²) in [6, 6.07) is 21.3. The van der Waals surface area contributed by atoms with Gasteiger partial charge in [-0.1, -0.05) is 24.3 Å². The molecule has 1 N–H and O–H groups in total. The third-order valence-corrected chi connectivity index (χ3v) is 7.47. The van der Waals surface area contributed by atoms with E-state index < -0.39 is 10.0 Å². The van der Waals surface area contributed by atoms with E-state index in [1.807, 2.05) is 42.5 Å². The maximum absolute atomic E-state index is 12.6. The lowest BCUT2D eigenvalue weighted by Crippen LogP contribution is -2.22. The van der Waals surface area contributed by atoms with E-state index in [-0.39, 0.29) is 10.8 Å². The van der Waals surface area contributed by atoms with Crippen molar-refractivity contribution in [2.75, 3.05) is 19.4 Å². The van der Waals surface area contributed by atoms with Crippen molar-refractivity contribution < 1.29 is 13.2 Å². The second-order valence-electron chi connectivity index (χ2n) is 6.83. The van der Waals surface area contributed by atoms with Crippen molar-refractivity contribution in [3.63, 3.8) is 0 Å². The van der Waals surface area contributed by atoms with Crippen LogP contribution < -0.4 is 5.32 Å². The van der Waals surface area contributed by atoms with Crippen molar-refractivity contribution in [1.82, 2.24) is 9.29 Å². The minimum Gasteiger partial charge on any atom is -0.322 e. The Morgan fingerprint density at radius 3 is 2.40 bits per heavy atom. The zero-order valence-corrected chi connectivity index (χ0v) is 18.0. The normalized spacial score (nSPS) is 11.7. The largest absolute Gasteiger partial charge is 0.322 e. The molecule has 1 aromatic heterocycles. The predicted octanol–water partition coefficient (Wildman–Crippen LogP) is 4.47. The van der Waals surface area contributed by atoms with Crippen molar-refractivity contribution in [1.29, 1.82) is 0 Å². The van der Waals surface area contributed by atoms with Gasteiger partial charge in [0.1, 0.15) is 5.01 Å². The number of fused-ring (bicyclic) bond motifs is 1. The molecule has 0 spiro atoms. The summed E-state index contributed by atoms with van der Waals surface area (Å²) in [5.41, 5.74) is 2.88. The topological polar surface area (TPSA) is 79.4 Å². The maximum atomic E-state index is 12.6. The molecule has 0 atom stereocenters. The predicted molar refractivity (Wildman–Crippen MR) is 120 cm³/mol. The molecular weight excluding hydrogens is 418 g/mol. The molecule has 1 heterocycles. The zero-order chi connectivity index (χ0) is 21.3. The second kappa shape index (κ2) is 7.98. The van der Waals surface area contributed by atoms with Crippen LogP contribution in [-0.4, -0.2) is 37.7 Å². The molecule has 0 aliphatic carbocycles. The number of benzene rings is 3. The Balaban J connectivity index is 1.54. The smallest absolute Gasteiger partial charge is 0.255 e. The highest BCUT2D eigenvalue weighted by Gasteiger charge is 2.17. The van der Waals surface area contributed by atoms with Gasteiger partial charge in [-0.15, -0.1) is 11.3 Å². The van der Waals surface area contributed by atoms with Crippen LogP contribution in [0.25, 0.3) is 20.8 Å². The van der Waals surface area contributed by atoms with Crippen molar-refractivity contribution in [3.8, 4) is 10.6 Å². The van der Waals surface area contributed by atoms with E-state index in [0.717, 1.165) is 25.1 Å². The molecule has 0 saturated heterocycles. The Hall–Kier alpha value is -3.07. The number of nitrogens with one attached hydrogen (secondary N) is 1. The molecule has 0 radical (unpaired) electrons. The molecule has 0 unspecified atom stereocenters. The Labute approximate surface area is 178 Å². The van der Waals surface area contributed by atoms with Gasteiger partial charge in [0.2, 0.25) is 10.0 Å². The number of hydrogen-bond donors (Lipinski definition) is 1. The summed E-state index contributed by atoms with van der Waals surface area (Å²) >= 11 is 1.60. The molecule has 8 heteroatoms. The van der Waals surface area contributed by atoms with Gasteiger partial charge in [-0.3, -0.25) is 4.79 Å². The minimum absolute atomic E-state index is 0.141. The number of aromatic nitrogens is 1. The van der Waals surface area contributed by atoms with E-state index in [2.05, 4.69) is 10.3 Å². The summed E-state index contributed by atoms with van der Waals surface area (Å²) in [6.45, 7) is 0. The number of rotatable bonds is 5. The number of sulfonamides is 1. The van der Waals surface area contributed by atoms with E-state index in [9.17, 15) is 13.2 Å². The lowest BCUT2D eigenvalue weighted by Gasteiger charge is -2.12. The Morgan fingerprint density at radius 1 is 0.967 bits per heavy atom. The first-order valence-electron chi connectivity index (χ1n) is 9.14. The quantitative estimate of drug-likeness (QED) is 0.500. The Morgan fingerprint density at radius 2 is 1.70 bits per heavy atom. The number of carbonyl (C=O) groups is 1. The lowest BCUT2D eigenvalue weighted by atomic mass is 10.2. The standard InChI is InChI=1S/C22H19N3O3S2/c1-25(2)30(27,28)18-12-10-15(11-13-18)21(26)23-17-7-5-6-16(14-17)22-24-19-8-3-4-9-20(19)29-22/h3-14H,1-2H3,(H,23,26). The summed E-state index contributed by atoms with van der Waals surface area (Å²) in [4.78, 5) is 17.4. The molecule has 0 saturated carbocycles. The SMILES string of the molecule is CN(C)S(=O)(=O)c1ccc(C(=O)Nc2cccc(-c3nc4ccccc4s3)c2)cc1. The molecule has 6 nitrogen and oxygen atoms in total. The molecular formula is C22H19N3O3S2. The van der Waals surface area contributed by atoms with Gasteiger partial charge in [-0.25, -0.2) is 17.7 Å². The fraction of sp³-hybridized carbons (Fsp3) is 0.0909. The van der Waals surface area contributed by atoms with Gasteiger partial charge in [-0.2, -0.15) is 0 Å². The van der Waals surface area contributed by atoms with Gasteiger partial charge < -0.3 is 5.32 Å². The van der Waals surface area contributed by atoms with Crippen LogP contribution in [0.15, 0.2) is 77.7 Å². The van der Waals surface area contributed by atoms with Crippen LogP contribution >= 0.6 is 11.3 Å². The van der Waals surface area contributed by atoms with Crippen molar-refractivity contribution in [2.45, 2.75) is 4.90 Å². The molecule has 30 heavy (non-hydrogen) atoms. The maximum Gasteiger partial charge on any atom is 0.255 e. The third kappa shape index (κ3) is 3.97. The molecule has 4 rings (SSSR count). The number of carbonyl (C=O) groups excluding carboxylic acids is 1. The summed E-state index contributed by atoms with van der Waals surface area (Å²) in [6.07, 6.45) is 0. The van der Waals surface area contributed by atoms with Gasteiger partial charge >= 0.3 is 0 Å². The molecule has 1 amide bonds. The Kier molecular flexibility index (Phi) is 5.38. The molecule has 152 valence electrons. The van der Waals surface area contributed by atoms with E-state index in [1.165, 1.54) is 38.4 Å². The summed E-state index contributed by atoms with van der Waals surface area (Å²) in [5.74, 6) is -0.315. The van der Waals surface area contributed by atoms with Crippen LogP contribution in [0.5, 0.6) is 0 Å². The minimum atomic E-state index is -3.53. The highest BCUT2D eigenvalue weighted by Crippen LogP contribution is 2.31. The monoisotopic (exact) mass is 437 g/mol. The molecule has 0 aliphatic rings. The Bertz CT molecular complexity index is 1290. The van der Waals surface area contributed by atoms with Gasteiger partial charge in [0.25, 0.3) is 5.91 Å². The number of nitrogens with zero attached hydrogens (tertiary/aromatic N) is 2. The van der Waals surface area contributed by atoms with Crippen molar-refractivity contribution in [2.24, 2.45) is 0 Å². The average molecular weight is 438 g/mol. The van der Waals surface area contributed by atoms with Crippen molar-refractivity contribution >= 4 is 43.2 Å². The molecule has 3 aromatic carbocycles. The third-order valence-electron chi connectivity index (χ3n) is 4.56. The van der Waals surface area contributed by atoms with E-state index in [0.29, 0.717) is 11.3 Å². The molecule has 0 aliphatic heterocycles. The van der Waals surface area contributed by atoms with Gasteiger partial charge in [0.15, 0.2) is 0 Å². The van der Waals surface area contributed by atoms with Gasteiger partial charge in [0.05, 0.1) is 15.1 Å². The highest BCUT2D eigenvalue weighted by molar-refractivity contribution is 7.89. The van der Waals surface area contributed by atoms with Crippen LogP contribution in [-0.2, 0) is 10.0 Å². The number of anilines is 1. The molecule has 0 bridgehead atoms. The summed E-state index contributed by atoms with van der Waals surface area (Å²) in [5, 5.41) is 3.74. The number of para-hydroxylation sites is 1. The van der Waals surface area contributed by atoms with Crippen LogP contribution in [0.3, 0.4) is 0 Å². The van der Waals surface area contributed by atoms with E-state index in [1.54, 1.807) is 17.4 Å². The molecule has 4 aromatic rings. The van der Waals surface area contributed by atoms with Crippen molar-refractivity contribution in [3.05, 3.63) is 78.4 Å². The zero-order valence-electron chi connectivity index (χ0n) is 16.4. The number of amides is 1. The first-order valence-corrected chi connectivity index (χ1v) is 11.4. The van der Waals surface area contributed by atoms with Crippen LogP contribution in [0, 0.1) is 0 Å². The van der Waals surface area contributed by atoms with Gasteiger partial charge in [0, 0.05) is 30.9 Å². The number of thiazole rings is 1. The van der Waals surface area contributed by atoms with Crippen LogP contribution in [0.4, 0.5) is 5.69 Å². The first kappa shape index (κ1) is 20.2. The van der Waals surface area contributed by atoms with Crippen LogP contribution in [0.1, 0.15) is 10.4 Å². The second-order valence-corrected chi connectivity index (χ2v) is 10.0. The van der Waals surface area contributed by atoms with E-state index >= 15 is 0 Å². The fourth-order valence-corrected chi connectivity index (χ4v) is 4.78. The highest BCUT2D eigenvalue weighted by atomic mass is 32.2. The average Bonchev–Trinajstić information content (AvgIpc) is 3.18.